The number of carbonyl (C=O) groups is 1. The molecule has 18 heavy (non-hydrogen) atoms. The molecule has 1 aliphatic rings. The summed E-state index contributed by atoms with van der Waals surface area (Å²) in [4.78, 5) is 22.2. The number of para-hydroxylation sites is 1. The zero-order valence-corrected chi connectivity index (χ0v) is 10.1. The Balaban J connectivity index is 2.24. The summed E-state index contributed by atoms with van der Waals surface area (Å²) >= 11 is 5.74. The molecule has 1 amide bonds. The predicted molar refractivity (Wildman–Crippen MR) is 64.8 cm³/mol. The van der Waals surface area contributed by atoms with Crippen LogP contribution in [0.15, 0.2) is 18.2 Å². The second-order valence-corrected chi connectivity index (χ2v) is 4.33. The monoisotopic (exact) mass is 270 g/mol. The van der Waals surface area contributed by atoms with Crippen LogP contribution in [0.4, 0.5) is 5.69 Å². The number of nitrogens with zero attached hydrogens (tertiary/aromatic N) is 1. The maximum absolute atomic E-state index is 11.9. The number of amides is 1. The highest BCUT2D eigenvalue weighted by Crippen LogP contribution is 2.28. The molecule has 0 aliphatic carbocycles. The van der Waals surface area contributed by atoms with Crippen LogP contribution >= 0.6 is 11.6 Å². The molecule has 96 valence electrons. The topological polar surface area (TPSA) is 81.5 Å². The van der Waals surface area contributed by atoms with Gasteiger partial charge in [0, 0.05) is 6.61 Å². The van der Waals surface area contributed by atoms with E-state index >= 15 is 0 Å². The van der Waals surface area contributed by atoms with Crippen LogP contribution in [0, 0.1) is 10.1 Å². The van der Waals surface area contributed by atoms with Crippen LogP contribution in [0.3, 0.4) is 0 Å². The fourth-order valence-electron chi connectivity index (χ4n) is 1.80. The quantitative estimate of drug-likeness (QED) is 0.670. The molecule has 0 radical (unpaired) electrons. The van der Waals surface area contributed by atoms with Gasteiger partial charge in [-0.15, -0.1) is 0 Å². The summed E-state index contributed by atoms with van der Waals surface area (Å²) in [7, 11) is 0. The second-order valence-electron chi connectivity index (χ2n) is 3.93. The molecule has 1 aromatic rings. The Kier molecular flexibility index (Phi) is 3.78. The maximum Gasteiger partial charge on any atom is 0.300 e. The van der Waals surface area contributed by atoms with Crippen molar-refractivity contribution in [1.82, 2.24) is 5.32 Å². The van der Waals surface area contributed by atoms with E-state index in [2.05, 4.69) is 5.32 Å². The third-order valence-corrected chi connectivity index (χ3v) is 2.98. The minimum atomic E-state index is -0.650. The van der Waals surface area contributed by atoms with Gasteiger partial charge in [0.1, 0.15) is 10.6 Å². The van der Waals surface area contributed by atoms with E-state index in [-0.39, 0.29) is 22.3 Å². The molecule has 1 N–H and O–H groups in total. The van der Waals surface area contributed by atoms with Gasteiger partial charge in [-0.1, -0.05) is 17.7 Å². The SMILES string of the molecule is O=C(NC1CCOC1)c1cccc(Cl)c1[N+](=O)[O-]. The van der Waals surface area contributed by atoms with Gasteiger partial charge in [0.05, 0.1) is 17.6 Å². The van der Waals surface area contributed by atoms with Gasteiger partial charge in [0.15, 0.2) is 0 Å². The Morgan fingerprint density at radius 2 is 2.33 bits per heavy atom. The van der Waals surface area contributed by atoms with Crippen LogP contribution in [0.2, 0.25) is 5.02 Å². The summed E-state index contributed by atoms with van der Waals surface area (Å²) in [6, 6.07) is 4.18. The molecular weight excluding hydrogens is 260 g/mol. The Morgan fingerprint density at radius 3 is 2.94 bits per heavy atom. The molecule has 1 aromatic carbocycles. The molecule has 0 aromatic heterocycles. The van der Waals surface area contributed by atoms with Gasteiger partial charge in [-0.05, 0) is 18.6 Å². The first-order chi connectivity index (χ1) is 8.59. The van der Waals surface area contributed by atoms with Gasteiger partial charge in [0.2, 0.25) is 0 Å². The van der Waals surface area contributed by atoms with Crippen LogP contribution in [0.5, 0.6) is 0 Å². The minimum Gasteiger partial charge on any atom is -0.379 e. The van der Waals surface area contributed by atoms with E-state index in [4.69, 9.17) is 16.3 Å². The number of carbonyl (C=O) groups excluding carboxylic acids is 1. The Morgan fingerprint density at radius 1 is 1.56 bits per heavy atom. The van der Waals surface area contributed by atoms with Crippen molar-refractivity contribution >= 4 is 23.2 Å². The van der Waals surface area contributed by atoms with Crippen molar-refractivity contribution in [1.29, 1.82) is 0 Å². The minimum absolute atomic E-state index is 0.0283. The number of benzene rings is 1. The average Bonchev–Trinajstić information content (AvgIpc) is 2.80. The highest BCUT2D eigenvalue weighted by Gasteiger charge is 2.26. The van der Waals surface area contributed by atoms with Crippen LogP contribution in [-0.4, -0.2) is 30.1 Å². The van der Waals surface area contributed by atoms with E-state index in [0.29, 0.717) is 19.6 Å². The molecule has 1 heterocycles. The number of rotatable bonds is 3. The van der Waals surface area contributed by atoms with Crippen molar-refractivity contribution < 1.29 is 14.5 Å². The van der Waals surface area contributed by atoms with Crippen molar-refractivity contribution in [2.75, 3.05) is 13.2 Å². The van der Waals surface area contributed by atoms with Crippen LogP contribution in [0.1, 0.15) is 16.8 Å². The zero-order chi connectivity index (χ0) is 13.1. The summed E-state index contributed by atoms with van der Waals surface area (Å²) in [5.41, 5.74) is -0.394. The first-order valence-electron chi connectivity index (χ1n) is 5.41. The molecule has 1 aliphatic heterocycles. The third-order valence-electron chi connectivity index (χ3n) is 2.68. The highest BCUT2D eigenvalue weighted by molar-refractivity contribution is 6.33. The number of halogens is 1. The van der Waals surface area contributed by atoms with Crippen molar-refractivity contribution in [3.63, 3.8) is 0 Å². The summed E-state index contributed by atoms with van der Waals surface area (Å²) in [5, 5.41) is 13.5. The van der Waals surface area contributed by atoms with Crippen molar-refractivity contribution in [2.45, 2.75) is 12.5 Å². The van der Waals surface area contributed by atoms with Crippen LogP contribution in [-0.2, 0) is 4.74 Å². The summed E-state index contributed by atoms with van der Waals surface area (Å²) in [6.45, 7) is 1.02. The van der Waals surface area contributed by atoms with E-state index in [0.717, 1.165) is 0 Å². The smallest absolute Gasteiger partial charge is 0.300 e. The first kappa shape index (κ1) is 12.8. The summed E-state index contributed by atoms with van der Waals surface area (Å²) in [5.74, 6) is -0.500. The predicted octanol–water partition coefficient (Wildman–Crippen LogP) is 1.77. The van der Waals surface area contributed by atoms with E-state index in [1.165, 1.54) is 18.2 Å². The Labute approximate surface area is 108 Å². The second kappa shape index (κ2) is 5.32. The molecule has 0 spiro atoms. The molecule has 1 saturated heterocycles. The van der Waals surface area contributed by atoms with Gasteiger partial charge >= 0.3 is 5.69 Å². The van der Waals surface area contributed by atoms with Gasteiger partial charge in [-0.25, -0.2) is 0 Å². The van der Waals surface area contributed by atoms with Gasteiger partial charge in [-0.2, -0.15) is 0 Å². The molecule has 2 rings (SSSR count). The molecule has 0 saturated carbocycles. The Bertz CT molecular complexity index is 486. The fraction of sp³-hybridized carbons (Fsp3) is 0.364. The highest BCUT2D eigenvalue weighted by atomic mass is 35.5. The van der Waals surface area contributed by atoms with E-state index in [1.807, 2.05) is 0 Å². The lowest BCUT2D eigenvalue weighted by molar-refractivity contribution is -0.385. The van der Waals surface area contributed by atoms with Gasteiger partial charge < -0.3 is 10.1 Å². The van der Waals surface area contributed by atoms with Crippen LogP contribution < -0.4 is 5.32 Å². The maximum atomic E-state index is 11.9. The third kappa shape index (κ3) is 2.60. The van der Waals surface area contributed by atoms with Crippen molar-refractivity contribution in [3.8, 4) is 0 Å². The number of hydrogen-bond donors (Lipinski definition) is 1. The zero-order valence-electron chi connectivity index (χ0n) is 9.39. The molecule has 0 bridgehead atoms. The van der Waals surface area contributed by atoms with Gasteiger partial charge in [0.25, 0.3) is 5.91 Å². The van der Waals surface area contributed by atoms with E-state index < -0.39 is 10.8 Å². The van der Waals surface area contributed by atoms with Crippen molar-refractivity contribution in [3.05, 3.63) is 38.9 Å². The molecule has 6 nitrogen and oxygen atoms in total. The lowest BCUT2D eigenvalue weighted by Crippen LogP contribution is -2.35. The van der Waals surface area contributed by atoms with E-state index in [1.54, 1.807) is 0 Å². The lowest BCUT2D eigenvalue weighted by atomic mass is 10.1. The average molecular weight is 271 g/mol. The summed E-state index contributed by atoms with van der Waals surface area (Å²) < 4.78 is 5.12. The molecule has 7 heteroatoms. The molecule has 1 fully saturated rings. The standard InChI is InChI=1S/C11H11ClN2O4/c12-9-3-1-2-8(10(9)14(16)17)11(15)13-7-4-5-18-6-7/h1-3,7H,4-6H2,(H,13,15). The molecule has 1 unspecified atom stereocenters. The number of ether oxygens (including phenoxy) is 1. The van der Waals surface area contributed by atoms with Crippen LogP contribution in [0.25, 0.3) is 0 Å². The van der Waals surface area contributed by atoms with Gasteiger partial charge in [-0.3, -0.25) is 14.9 Å². The summed E-state index contributed by atoms with van der Waals surface area (Å²) in [6.07, 6.45) is 0.708. The number of nitro benzene ring substituents is 1. The number of nitrogens with one attached hydrogen (secondary N) is 1. The first-order valence-corrected chi connectivity index (χ1v) is 5.79. The van der Waals surface area contributed by atoms with E-state index in [9.17, 15) is 14.9 Å². The molecule has 1 atom stereocenters. The largest absolute Gasteiger partial charge is 0.379 e. The number of nitro groups is 1. The van der Waals surface area contributed by atoms with Crippen molar-refractivity contribution in [2.24, 2.45) is 0 Å². The molecular formula is C11H11ClN2O4. The fourth-order valence-corrected chi connectivity index (χ4v) is 2.04. The lowest BCUT2D eigenvalue weighted by Gasteiger charge is -2.10. The normalized spacial score (nSPS) is 18.6. The Hall–Kier alpha value is -1.66. The number of hydrogen-bond acceptors (Lipinski definition) is 4.